The number of halogens is 1. The Kier molecular flexibility index (Phi) is 6.79. The first-order valence-electron chi connectivity index (χ1n) is 8.20. The highest BCUT2D eigenvalue weighted by molar-refractivity contribution is 8.13. The Hall–Kier alpha value is -2.88. The molecular formula is C18H23FN7OS+. The van der Waals surface area contributed by atoms with Crippen molar-refractivity contribution in [1.29, 1.82) is 0 Å². The predicted octanol–water partition coefficient (Wildman–Crippen LogP) is 2.72. The summed E-state index contributed by atoms with van der Waals surface area (Å²) in [5.41, 5.74) is 6.44. The van der Waals surface area contributed by atoms with Crippen molar-refractivity contribution >= 4 is 28.5 Å². The zero-order valence-corrected chi connectivity index (χ0v) is 15.5. The Morgan fingerprint density at radius 1 is 1.46 bits per heavy atom. The van der Waals surface area contributed by atoms with Crippen molar-refractivity contribution in [1.82, 2.24) is 4.98 Å². The van der Waals surface area contributed by atoms with Gasteiger partial charge in [0.05, 0.1) is 10.7 Å². The van der Waals surface area contributed by atoms with Crippen LogP contribution in [0.5, 0.6) is 0 Å². The number of hydrogen-bond donors (Lipinski definition) is 2. The number of hydrogen-bond acceptors (Lipinski definition) is 7. The fraction of sp³-hybridized carbons (Fsp3) is 0.333. The zero-order chi connectivity index (χ0) is 19.4. The summed E-state index contributed by atoms with van der Waals surface area (Å²) >= 11 is 1.45. The molecule has 0 aliphatic carbocycles. The van der Waals surface area contributed by atoms with Crippen molar-refractivity contribution in [2.75, 3.05) is 5.75 Å². The van der Waals surface area contributed by atoms with Crippen LogP contribution in [0.15, 0.2) is 45.9 Å². The Bertz CT molecular complexity index is 917. The Morgan fingerprint density at radius 3 is 2.89 bits per heavy atom. The van der Waals surface area contributed by atoms with Gasteiger partial charge in [-0.05, 0) is 31.0 Å². The number of carbonyl (C=O) groups is 1. The van der Waals surface area contributed by atoms with Gasteiger partial charge < -0.3 is 5.73 Å². The van der Waals surface area contributed by atoms with Gasteiger partial charge in [-0.25, -0.2) is 14.4 Å². The monoisotopic (exact) mass is 404 g/mol. The summed E-state index contributed by atoms with van der Waals surface area (Å²) in [6.45, 7) is 1.85. The smallest absolute Gasteiger partial charge is 0.368 e. The first-order valence-corrected chi connectivity index (χ1v) is 9.19. The van der Waals surface area contributed by atoms with Crippen LogP contribution < -0.4 is 16.6 Å². The first kappa shape index (κ1) is 21.4. The number of amidine groups is 1. The number of Topliss-reactive ketones (excluding diaryl/α,β-unsaturated/α-hetero) is 1. The number of nitrogens with two attached hydrogens (primary N) is 2. The molecule has 0 bridgehead atoms. The SMILES string of the molecule is C.C[C@@]1(c2cc(CC(=O)c3c[nH+]c(N=NN)cn3)ccc2F)CCSC(N)=N1. The second-order valence-electron chi connectivity index (χ2n) is 6.27. The number of rotatable bonds is 5. The number of aromatic amines is 1. The molecule has 1 aromatic heterocycles. The highest BCUT2D eigenvalue weighted by Crippen LogP contribution is 2.36. The molecule has 1 aliphatic rings. The highest BCUT2D eigenvalue weighted by atomic mass is 32.2. The van der Waals surface area contributed by atoms with Crippen LogP contribution in [0.4, 0.5) is 10.2 Å². The van der Waals surface area contributed by atoms with Gasteiger partial charge in [0, 0.05) is 23.0 Å². The van der Waals surface area contributed by atoms with Gasteiger partial charge in [-0.3, -0.25) is 15.6 Å². The lowest BCUT2D eigenvalue weighted by Crippen LogP contribution is -2.29. The number of nitrogens with one attached hydrogen (secondary N) is 1. The first-order chi connectivity index (χ1) is 12.9. The van der Waals surface area contributed by atoms with Crippen LogP contribution >= 0.6 is 11.8 Å². The van der Waals surface area contributed by atoms with E-state index in [0.717, 1.165) is 5.75 Å². The number of aliphatic imine (C=N–C) groups is 1. The lowest BCUT2D eigenvalue weighted by atomic mass is 9.87. The molecule has 1 atom stereocenters. The van der Waals surface area contributed by atoms with Gasteiger partial charge in [0.25, 0.3) is 0 Å². The van der Waals surface area contributed by atoms with E-state index in [1.807, 2.05) is 6.92 Å². The van der Waals surface area contributed by atoms with Crippen molar-refractivity contribution < 1.29 is 14.2 Å². The zero-order valence-electron chi connectivity index (χ0n) is 14.6. The van der Waals surface area contributed by atoms with E-state index in [9.17, 15) is 9.18 Å². The molecule has 1 aliphatic heterocycles. The summed E-state index contributed by atoms with van der Waals surface area (Å²) < 4.78 is 14.5. The number of aromatic nitrogens is 2. The maximum atomic E-state index is 14.5. The summed E-state index contributed by atoms with van der Waals surface area (Å²) in [6, 6.07) is 4.63. The third-order valence-corrected chi connectivity index (χ3v) is 5.10. The van der Waals surface area contributed by atoms with Gasteiger partial charge in [-0.1, -0.05) is 25.3 Å². The molecule has 8 nitrogen and oxygen atoms in total. The van der Waals surface area contributed by atoms with E-state index in [4.69, 9.17) is 11.6 Å². The minimum atomic E-state index is -0.737. The second kappa shape index (κ2) is 8.87. The van der Waals surface area contributed by atoms with Crippen molar-refractivity contribution in [3.05, 3.63) is 53.2 Å². The molecule has 2 aromatic rings. The van der Waals surface area contributed by atoms with Crippen molar-refractivity contribution in [2.24, 2.45) is 26.9 Å². The molecule has 0 saturated heterocycles. The average molecular weight is 404 g/mol. The molecule has 2 heterocycles. The van der Waals surface area contributed by atoms with Crippen LogP contribution in [0.3, 0.4) is 0 Å². The molecule has 0 unspecified atom stereocenters. The maximum Gasteiger partial charge on any atom is 0.368 e. The average Bonchev–Trinajstić information content (AvgIpc) is 2.64. The third kappa shape index (κ3) is 4.69. The normalized spacial score (nSPS) is 19.1. The number of ketones is 1. The summed E-state index contributed by atoms with van der Waals surface area (Å²) in [7, 11) is 0. The van der Waals surface area contributed by atoms with Gasteiger partial charge in [0.1, 0.15) is 23.9 Å². The molecule has 28 heavy (non-hydrogen) atoms. The quantitative estimate of drug-likeness (QED) is 0.342. The molecule has 3 rings (SSSR count). The molecule has 10 heteroatoms. The summed E-state index contributed by atoms with van der Waals surface area (Å²) in [4.78, 5) is 23.7. The van der Waals surface area contributed by atoms with Crippen molar-refractivity contribution in [3.8, 4) is 0 Å². The number of benzene rings is 1. The van der Waals surface area contributed by atoms with E-state index < -0.39 is 5.54 Å². The molecule has 5 N–H and O–H groups in total. The minimum absolute atomic E-state index is 0. The van der Waals surface area contributed by atoms with Gasteiger partial charge in [-0.2, -0.15) is 0 Å². The second-order valence-corrected chi connectivity index (χ2v) is 7.38. The molecule has 0 saturated carbocycles. The molecular weight excluding hydrogens is 381 g/mol. The molecule has 0 amide bonds. The fourth-order valence-corrected chi connectivity index (χ4v) is 3.84. The molecule has 148 valence electrons. The minimum Gasteiger partial charge on any atom is -0.379 e. The summed E-state index contributed by atoms with van der Waals surface area (Å²) in [5, 5.41) is 7.16. The largest absolute Gasteiger partial charge is 0.379 e. The van der Waals surface area contributed by atoms with Gasteiger partial charge >= 0.3 is 5.82 Å². The van der Waals surface area contributed by atoms with Crippen LogP contribution in [0.25, 0.3) is 0 Å². The number of carbonyl (C=O) groups excluding carboxylic acids is 1. The predicted molar refractivity (Wildman–Crippen MR) is 107 cm³/mol. The molecule has 0 radical (unpaired) electrons. The molecule has 1 aromatic carbocycles. The van der Waals surface area contributed by atoms with Crippen LogP contribution in [0.2, 0.25) is 0 Å². The number of H-pyrrole nitrogens is 1. The van der Waals surface area contributed by atoms with E-state index in [1.54, 1.807) is 12.1 Å². The van der Waals surface area contributed by atoms with Crippen LogP contribution in [0.1, 0.15) is 42.4 Å². The number of nitrogens with zero attached hydrogens (tertiary/aromatic N) is 4. The molecule has 0 fully saturated rings. The highest BCUT2D eigenvalue weighted by Gasteiger charge is 2.32. The van der Waals surface area contributed by atoms with E-state index >= 15 is 0 Å². The van der Waals surface area contributed by atoms with Crippen LogP contribution in [-0.4, -0.2) is 21.7 Å². The van der Waals surface area contributed by atoms with E-state index in [0.29, 0.717) is 28.5 Å². The van der Waals surface area contributed by atoms with E-state index in [-0.39, 0.29) is 31.1 Å². The van der Waals surface area contributed by atoms with Crippen LogP contribution in [0, 0.1) is 5.82 Å². The lowest BCUT2D eigenvalue weighted by Gasteiger charge is -2.30. The molecule has 0 spiro atoms. The van der Waals surface area contributed by atoms with Crippen molar-refractivity contribution in [2.45, 2.75) is 32.7 Å². The standard InChI is InChI=1S/C17H18FN7OS.CH4/c1-17(4-5-27-16(19)23-17)11-6-10(2-3-12(11)18)7-14(26)13-8-22-15(9-21-13)24-25-20;/h2-3,6,8-9H,4-5,7H2,1H3,(H2,19,23)(H2,20,22,24);1H4/p+1/t17-;/m0./s1. The lowest BCUT2D eigenvalue weighted by molar-refractivity contribution is -0.364. The van der Waals surface area contributed by atoms with E-state index in [2.05, 4.69) is 25.3 Å². The van der Waals surface area contributed by atoms with E-state index in [1.165, 1.54) is 30.2 Å². The summed E-state index contributed by atoms with van der Waals surface area (Å²) in [6.07, 6.45) is 3.54. The number of thioether (sulfide) groups is 1. The Labute approximate surface area is 166 Å². The van der Waals surface area contributed by atoms with Gasteiger partial charge in [-0.15, -0.1) is 0 Å². The Morgan fingerprint density at radius 2 is 2.25 bits per heavy atom. The van der Waals surface area contributed by atoms with Gasteiger partial charge in [0.15, 0.2) is 11.0 Å². The maximum absolute atomic E-state index is 14.5. The fourth-order valence-electron chi connectivity index (χ4n) is 2.87. The van der Waals surface area contributed by atoms with Crippen LogP contribution in [-0.2, 0) is 12.0 Å². The Balaban J connectivity index is 0.00000280. The third-order valence-electron chi connectivity index (χ3n) is 4.31. The summed E-state index contributed by atoms with van der Waals surface area (Å²) in [5.74, 6) is 5.48. The van der Waals surface area contributed by atoms with Gasteiger partial charge in [0.2, 0.25) is 0 Å². The topological polar surface area (TPSA) is 133 Å². The van der Waals surface area contributed by atoms with Crippen molar-refractivity contribution in [3.63, 3.8) is 0 Å².